The van der Waals surface area contributed by atoms with Gasteiger partial charge in [-0.3, -0.25) is 0 Å². The molecule has 40 heavy (non-hydrogen) atoms. The molecule has 2 nitrogen and oxygen atoms in total. The summed E-state index contributed by atoms with van der Waals surface area (Å²) in [6.07, 6.45) is 25.5. The fourth-order valence-corrected chi connectivity index (χ4v) is 5.47. The summed E-state index contributed by atoms with van der Waals surface area (Å²) in [4.78, 5) is 0. The van der Waals surface area contributed by atoms with E-state index in [0.717, 1.165) is 53.8 Å². The third-order valence-electron chi connectivity index (χ3n) is 7.76. The Morgan fingerprint density at radius 1 is 0.750 bits per heavy atom. The van der Waals surface area contributed by atoms with Gasteiger partial charge in [-0.05, 0) is 81.2 Å². The first-order chi connectivity index (χ1) is 19.7. The van der Waals surface area contributed by atoms with Crippen LogP contribution in [0.15, 0.2) is 72.3 Å². The minimum atomic E-state index is 0.796. The van der Waals surface area contributed by atoms with Crippen LogP contribution in [0.3, 0.4) is 0 Å². The molecule has 0 N–H and O–H groups in total. The normalized spacial score (nSPS) is 13.2. The summed E-state index contributed by atoms with van der Waals surface area (Å²) in [7, 11) is 0. The van der Waals surface area contributed by atoms with E-state index in [0.29, 0.717) is 0 Å². The highest BCUT2D eigenvalue weighted by atomic mass is 15.2. The molecule has 0 saturated heterocycles. The summed E-state index contributed by atoms with van der Waals surface area (Å²) < 4.78 is 1.36. The average Bonchev–Trinajstić information content (AvgIpc) is 3.30. The number of aryl methyl sites for hydroxylation is 2. The summed E-state index contributed by atoms with van der Waals surface area (Å²) >= 11 is 0. The van der Waals surface area contributed by atoms with E-state index in [-0.39, 0.29) is 0 Å². The van der Waals surface area contributed by atoms with E-state index >= 15 is 0 Å². The lowest BCUT2D eigenvalue weighted by Crippen LogP contribution is -2.05. The predicted octanol–water partition coefficient (Wildman–Crippen LogP) is 11.3. The highest BCUT2D eigenvalue weighted by Crippen LogP contribution is 2.37. The Morgan fingerprint density at radius 3 is 2.20 bits per heavy atom. The van der Waals surface area contributed by atoms with E-state index in [1.165, 1.54) is 86.5 Å². The molecule has 0 bridgehead atoms. The molecular formula is C38H50N2. The van der Waals surface area contributed by atoms with Gasteiger partial charge in [-0.25, -0.2) is 4.70 Å². The van der Waals surface area contributed by atoms with Gasteiger partial charge in [0, 0.05) is 11.6 Å². The number of benzene rings is 2. The molecule has 0 atom stereocenters. The second-order valence-electron chi connectivity index (χ2n) is 11.1. The van der Waals surface area contributed by atoms with Crippen LogP contribution in [-0.2, 0) is 12.8 Å². The van der Waals surface area contributed by atoms with Crippen LogP contribution in [0, 0.1) is 11.8 Å². The molecule has 0 unspecified atom stereocenters. The van der Waals surface area contributed by atoms with Crippen molar-refractivity contribution in [1.82, 2.24) is 0 Å². The van der Waals surface area contributed by atoms with E-state index in [1.54, 1.807) is 0 Å². The van der Waals surface area contributed by atoms with Gasteiger partial charge in [0.25, 0.3) is 0 Å². The maximum atomic E-state index is 11.5. The Balaban J connectivity index is 1.58. The number of nitrogens with zero attached hydrogens (tertiary/aromatic N) is 2. The van der Waals surface area contributed by atoms with Gasteiger partial charge in [-0.1, -0.05) is 114 Å². The monoisotopic (exact) mass is 534 g/mol. The number of rotatable bonds is 18. The molecule has 0 spiro atoms. The molecule has 2 heteroatoms. The fourth-order valence-electron chi connectivity index (χ4n) is 5.47. The molecule has 0 aliphatic carbocycles. The van der Waals surface area contributed by atoms with E-state index in [9.17, 15) is 5.53 Å². The van der Waals surface area contributed by atoms with Gasteiger partial charge >= 0.3 is 0 Å². The van der Waals surface area contributed by atoms with Gasteiger partial charge in [0.15, 0.2) is 0 Å². The maximum absolute atomic E-state index is 11.5. The number of allylic oxidation sites excluding steroid dienone is 4. The lowest BCUT2D eigenvalue weighted by Gasteiger charge is -2.13. The van der Waals surface area contributed by atoms with Crippen molar-refractivity contribution in [3.8, 4) is 11.8 Å². The molecule has 1 aliphatic heterocycles. The fraction of sp³-hybridized carbons (Fsp3) is 0.474. The summed E-state index contributed by atoms with van der Waals surface area (Å²) in [5.41, 5.74) is 18.6. The highest BCUT2D eigenvalue weighted by Gasteiger charge is 2.29. The quantitative estimate of drug-likeness (QED) is 0.0786. The second kappa shape index (κ2) is 18.2. The minimum Gasteiger partial charge on any atom is -0.493 e. The highest BCUT2D eigenvalue weighted by molar-refractivity contribution is 5.82. The number of hydrogen-bond donors (Lipinski definition) is 0. The van der Waals surface area contributed by atoms with Crippen molar-refractivity contribution in [2.24, 2.45) is 0 Å². The largest absolute Gasteiger partial charge is 0.493 e. The first kappa shape index (κ1) is 31.3. The van der Waals surface area contributed by atoms with Crippen LogP contribution in [0.5, 0.6) is 0 Å². The van der Waals surface area contributed by atoms with Crippen molar-refractivity contribution in [1.29, 1.82) is 0 Å². The van der Waals surface area contributed by atoms with Gasteiger partial charge in [0.2, 0.25) is 11.4 Å². The SMILES string of the molecule is CC#CC1=C(c2ccccc2CCCC=CCCCCCCCCCC)[N+](=[N-])C(c2cccc(CCCC)c2)=C1. The summed E-state index contributed by atoms with van der Waals surface area (Å²) in [6, 6.07) is 17.0. The minimum absolute atomic E-state index is 0.796. The smallest absolute Gasteiger partial charge is 0.223 e. The second-order valence-corrected chi connectivity index (χ2v) is 11.1. The molecule has 0 amide bonds. The van der Waals surface area contributed by atoms with E-state index < -0.39 is 0 Å². The predicted molar refractivity (Wildman–Crippen MR) is 173 cm³/mol. The average molecular weight is 535 g/mol. The molecule has 2 aromatic carbocycles. The molecule has 0 radical (unpaired) electrons. The van der Waals surface area contributed by atoms with Crippen LogP contribution in [-0.4, -0.2) is 4.70 Å². The third kappa shape index (κ3) is 9.78. The Labute approximate surface area is 244 Å². The Morgan fingerprint density at radius 2 is 1.45 bits per heavy atom. The third-order valence-corrected chi connectivity index (χ3v) is 7.76. The van der Waals surface area contributed by atoms with Crippen molar-refractivity contribution in [3.63, 3.8) is 0 Å². The Hall–Kier alpha value is -3.18. The molecule has 2 aromatic rings. The Bertz CT molecular complexity index is 1230. The lowest BCUT2D eigenvalue weighted by atomic mass is 9.97. The van der Waals surface area contributed by atoms with Crippen molar-refractivity contribution < 1.29 is 4.70 Å². The maximum Gasteiger partial charge on any atom is 0.223 e. The summed E-state index contributed by atoms with van der Waals surface area (Å²) in [6.45, 7) is 6.35. The lowest BCUT2D eigenvalue weighted by molar-refractivity contribution is -0.344. The van der Waals surface area contributed by atoms with Crippen LogP contribution in [0.25, 0.3) is 16.9 Å². The van der Waals surface area contributed by atoms with Crippen molar-refractivity contribution in [3.05, 3.63) is 100 Å². The van der Waals surface area contributed by atoms with Crippen molar-refractivity contribution in [2.75, 3.05) is 0 Å². The van der Waals surface area contributed by atoms with Crippen molar-refractivity contribution >= 4 is 11.4 Å². The zero-order valence-corrected chi connectivity index (χ0v) is 25.4. The van der Waals surface area contributed by atoms with Crippen LogP contribution < -0.4 is 0 Å². The van der Waals surface area contributed by atoms with Gasteiger partial charge < -0.3 is 5.53 Å². The van der Waals surface area contributed by atoms with E-state index in [4.69, 9.17) is 0 Å². The zero-order chi connectivity index (χ0) is 28.4. The molecule has 0 fully saturated rings. The van der Waals surface area contributed by atoms with Crippen LogP contribution >= 0.6 is 0 Å². The summed E-state index contributed by atoms with van der Waals surface area (Å²) in [5, 5.41) is 0. The zero-order valence-electron chi connectivity index (χ0n) is 25.4. The Kier molecular flexibility index (Phi) is 14.3. The van der Waals surface area contributed by atoms with Crippen LogP contribution in [0.1, 0.15) is 126 Å². The van der Waals surface area contributed by atoms with E-state index in [1.807, 2.05) is 13.0 Å². The van der Waals surface area contributed by atoms with Crippen LogP contribution in [0.2, 0.25) is 0 Å². The number of hydrogen-bond acceptors (Lipinski definition) is 0. The molecule has 1 aliphatic rings. The first-order valence-electron chi connectivity index (χ1n) is 15.9. The van der Waals surface area contributed by atoms with E-state index in [2.05, 4.69) is 86.4 Å². The molecule has 0 aromatic heterocycles. The first-order valence-corrected chi connectivity index (χ1v) is 15.9. The number of unbranched alkanes of at least 4 members (excludes halogenated alkanes) is 10. The summed E-state index contributed by atoms with van der Waals surface area (Å²) in [5.74, 6) is 6.31. The molecule has 3 rings (SSSR count). The standard InChI is InChI=1S/C38H50N2/c1-4-7-9-10-11-12-13-14-15-16-17-18-19-26-33-27-20-21-29-36(33)38-35(23-6-3)31-37(40(38)39)34-28-22-25-32(30-34)24-8-5-2/h16-17,20-22,25,27-31H,4-5,7-15,18-19,24,26H2,1-3H3. The van der Waals surface area contributed by atoms with Crippen LogP contribution in [0.4, 0.5) is 0 Å². The van der Waals surface area contributed by atoms with Gasteiger partial charge in [-0.15, -0.1) is 5.92 Å². The molecule has 1 heterocycles. The van der Waals surface area contributed by atoms with Crippen molar-refractivity contribution in [2.45, 2.75) is 117 Å². The molecule has 0 saturated carbocycles. The van der Waals surface area contributed by atoms with Gasteiger partial charge in [0.05, 0.1) is 5.56 Å². The van der Waals surface area contributed by atoms with Gasteiger partial charge in [-0.2, -0.15) is 0 Å². The molecule has 212 valence electrons. The topological polar surface area (TPSA) is 25.3 Å². The van der Waals surface area contributed by atoms with Gasteiger partial charge in [0.1, 0.15) is 5.57 Å². The molecular weight excluding hydrogens is 484 g/mol.